The molecular weight excluding hydrogens is 400 g/mol. The lowest BCUT2D eigenvalue weighted by Crippen LogP contribution is -2.29. The molecule has 2 aliphatic rings. The van der Waals surface area contributed by atoms with Gasteiger partial charge in [-0.1, -0.05) is 39.0 Å². The molecule has 2 heterocycles. The lowest BCUT2D eigenvalue weighted by molar-refractivity contribution is -0.127. The summed E-state index contributed by atoms with van der Waals surface area (Å²) < 4.78 is 18.0. The van der Waals surface area contributed by atoms with Crippen molar-refractivity contribution in [3.8, 4) is 11.5 Å². The number of carbonyl (C=O) groups is 1. The number of benzene rings is 2. The van der Waals surface area contributed by atoms with Gasteiger partial charge in [-0.15, -0.1) is 0 Å². The molecule has 2 aromatic carbocycles. The normalized spacial score (nSPS) is 21.9. The van der Waals surface area contributed by atoms with Crippen molar-refractivity contribution in [2.45, 2.75) is 78.2 Å². The van der Waals surface area contributed by atoms with Crippen LogP contribution in [0.5, 0.6) is 11.5 Å². The molecule has 0 fully saturated rings. The molecular formula is C28H34O4. The van der Waals surface area contributed by atoms with E-state index in [-0.39, 0.29) is 11.2 Å². The van der Waals surface area contributed by atoms with Crippen LogP contribution in [-0.4, -0.2) is 18.5 Å². The first-order valence-corrected chi connectivity index (χ1v) is 11.8. The van der Waals surface area contributed by atoms with Crippen molar-refractivity contribution in [1.82, 2.24) is 0 Å². The van der Waals surface area contributed by atoms with Crippen molar-refractivity contribution >= 4 is 5.78 Å². The van der Waals surface area contributed by atoms with Crippen LogP contribution < -0.4 is 9.47 Å². The zero-order valence-electron chi connectivity index (χ0n) is 19.9. The van der Waals surface area contributed by atoms with Crippen molar-refractivity contribution in [3.63, 3.8) is 0 Å². The van der Waals surface area contributed by atoms with E-state index in [1.165, 1.54) is 11.1 Å². The average molecular weight is 435 g/mol. The fourth-order valence-corrected chi connectivity index (χ4v) is 4.70. The molecule has 2 aliphatic heterocycles. The lowest BCUT2D eigenvalue weighted by Gasteiger charge is -2.35. The summed E-state index contributed by atoms with van der Waals surface area (Å²) in [6.45, 7) is 11.4. The Morgan fingerprint density at radius 2 is 2.00 bits per heavy atom. The number of carbonyl (C=O) groups excluding carboxylic acids is 1. The van der Waals surface area contributed by atoms with Gasteiger partial charge < -0.3 is 14.2 Å². The second-order valence-electron chi connectivity index (χ2n) is 9.30. The number of hydrogen-bond acceptors (Lipinski definition) is 4. The van der Waals surface area contributed by atoms with Crippen LogP contribution in [0.1, 0.15) is 67.9 Å². The standard InChI is InChI=1S/C28H34O4/c1-6-20-10-8-9-18(3)21(20)16-23(29)24-11-12-27(31-24)32-25-17-22-26(15-19(25)4)30-14-13-28(22,5)7-2/h8-10,12,15,17,24H,6-7,11,13-14,16H2,1-5H3. The maximum atomic E-state index is 13.0. The Kier molecular flexibility index (Phi) is 6.32. The number of hydrogen-bond donors (Lipinski definition) is 0. The van der Waals surface area contributed by atoms with Gasteiger partial charge in [-0.2, -0.15) is 0 Å². The SMILES string of the molecule is CCc1cccc(C)c1CC(=O)C1CC=C(Oc2cc3c(cc2C)OCCC3(C)CC)O1. The van der Waals surface area contributed by atoms with E-state index in [1.54, 1.807) is 0 Å². The quantitative estimate of drug-likeness (QED) is 0.525. The molecule has 0 bridgehead atoms. The molecule has 0 aromatic heterocycles. The van der Waals surface area contributed by atoms with Gasteiger partial charge in [-0.3, -0.25) is 4.79 Å². The molecule has 0 saturated carbocycles. The van der Waals surface area contributed by atoms with E-state index in [4.69, 9.17) is 14.2 Å². The summed E-state index contributed by atoms with van der Waals surface area (Å²) in [6, 6.07) is 10.4. The fraction of sp³-hybridized carbons (Fsp3) is 0.464. The van der Waals surface area contributed by atoms with Crippen LogP contribution in [0.3, 0.4) is 0 Å². The maximum Gasteiger partial charge on any atom is 0.281 e. The molecule has 32 heavy (non-hydrogen) atoms. The first-order valence-electron chi connectivity index (χ1n) is 11.8. The molecule has 0 spiro atoms. The van der Waals surface area contributed by atoms with Gasteiger partial charge >= 0.3 is 0 Å². The summed E-state index contributed by atoms with van der Waals surface area (Å²) in [5, 5.41) is 0. The van der Waals surface area contributed by atoms with Gasteiger partial charge in [0, 0.05) is 24.5 Å². The van der Waals surface area contributed by atoms with Gasteiger partial charge in [0.1, 0.15) is 11.5 Å². The minimum Gasteiger partial charge on any atom is -0.493 e. The molecule has 0 aliphatic carbocycles. The second-order valence-corrected chi connectivity index (χ2v) is 9.30. The number of aryl methyl sites for hydroxylation is 3. The molecule has 0 N–H and O–H groups in total. The molecule has 4 rings (SSSR count). The molecule has 4 nitrogen and oxygen atoms in total. The Morgan fingerprint density at radius 1 is 1.19 bits per heavy atom. The largest absolute Gasteiger partial charge is 0.493 e. The zero-order chi connectivity index (χ0) is 22.9. The predicted molar refractivity (Wildman–Crippen MR) is 126 cm³/mol. The molecule has 2 unspecified atom stereocenters. The third-order valence-electron chi connectivity index (χ3n) is 7.18. The van der Waals surface area contributed by atoms with E-state index in [0.717, 1.165) is 54.1 Å². The van der Waals surface area contributed by atoms with Crippen LogP contribution in [-0.2, 0) is 27.8 Å². The lowest BCUT2D eigenvalue weighted by atomic mass is 9.75. The molecule has 4 heteroatoms. The third kappa shape index (κ3) is 4.28. The highest BCUT2D eigenvalue weighted by atomic mass is 16.7. The summed E-state index contributed by atoms with van der Waals surface area (Å²) in [5.41, 5.74) is 5.77. The highest BCUT2D eigenvalue weighted by Crippen LogP contribution is 2.44. The third-order valence-corrected chi connectivity index (χ3v) is 7.18. The van der Waals surface area contributed by atoms with Crippen molar-refractivity contribution in [2.75, 3.05) is 6.61 Å². The Hall–Kier alpha value is -2.75. The zero-order valence-corrected chi connectivity index (χ0v) is 19.9. The molecule has 170 valence electrons. The molecule has 0 saturated heterocycles. The summed E-state index contributed by atoms with van der Waals surface area (Å²) in [5.74, 6) is 2.23. The minimum atomic E-state index is -0.489. The Labute approximate surface area is 191 Å². The number of fused-ring (bicyclic) bond motifs is 1. The van der Waals surface area contributed by atoms with E-state index in [9.17, 15) is 4.79 Å². The van der Waals surface area contributed by atoms with Crippen molar-refractivity contribution in [2.24, 2.45) is 0 Å². The maximum absolute atomic E-state index is 13.0. The number of Topliss-reactive ketones (excluding diaryl/α,β-unsaturated/α-hetero) is 1. The monoisotopic (exact) mass is 434 g/mol. The van der Waals surface area contributed by atoms with E-state index in [1.807, 2.05) is 13.0 Å². The van der Waals surface area contributed by atoms with Gasteiger partial charge in [0.15, 0.2) is 11.9 Å². The van der Waals surface area contributed by atoms with Gasteiger partial charge in [0.2, 0.25) is 0 Å². The topological polar surface area (TPSA) is 44.8 Å². The Balaban J connectivity index is 1.46. The highest BCUT2D eigenvalue weighted by Gasteiger charge is 2.33. The highest BCUT2D eigenvalue weighted by molar-refractivity contribution is 5.86. The van der Waals surface area contributed by atoms with Crippen LogP contribution in [0.4, 0.5) is 0 Å². The van der Waals surface area contributed by atoms with Gasteiger partial charge in [-0.05, 0) is 72.9 Å². The van der Waals surface area contributed by atoms with Gasteiger partial charge in [-0.25, -0.2) is 0 Å². The van der Waals surface area contributed by atoms with Crippen LogP contribution in [0, 0.1) is 13.8 Å². The van der Waals surface area contributed by atoms with E-state index in [2.05, 4.69) is 58.0 Å². The molecule has 2 aromatic rings. The first-order chi connectivity index (χ1) is 15.3. The van der Waals surface area contributed by atoms with Crippen LogP contribution >= 0.6 is 0 Å². The fourth-order valence-electron chi connectivity index (χ4n) is 4.70. The summed E-state index contributed by atoms with van der Waals surface area (Å²) in [7, 11) is 0. The summed E-state index contributed by atoms with van der Waals surface area (Å²) >= 11 is 0. The molecule has 2 atom stereocenters. The first kappa shape index (κ1) is 22.4. The van der Waals surface area contributed by atoms with Gasteiger partial charge in [0.05, 0.1) is 6.61 Å². The smallest absolute Gasteiger partial charge is 0.281 e. The van der Waals surface area contributed by atoms with E-state index in [0.29, 0.717) is 18.8 Å². The summed E-state index contributed by atoms with van der Waals surface area (Å²) in [6.07, 6.45) is 5.29. The molecule has 0 radical (unpaired) electrons. The van der Waals surface area contributed by atoms with Crippen molar-refractivity contribution < 1.29 is 19.0 Å². The van der Waals surface area contributed by atoms with Crippen LogP contribution in [0.15, 0.2) is 42.4 Å². The van der Waals surface area contributed by atoms with Crippen LogP contribution in [0.2, 0.25) is 0 Å². The molecule has 0 amide bonds. The number of rotatable bonds is 7. The van der Waals surface area contributed by atoms with Crippen LogP contribution in [0.25, 0.3) is 0 Å². The predicted octanol–water partition coefficient (Wildman–Crippen LogP) is 6.14. The van der Waals surface area contributed by atoms with E-state index >= 15 is 0 Å². The second kappa shape index (κ2) is 9.01. The Morgan fingerprint density at radius 3 is 2.75 bits per heavy atom. The van der Waals surface area contributed by atoms with Gasteiger partial charge in [0.25, 0.3) is 5.95 Å². The number of ketones is 1. The average Bonchev–Trinajstić information content (AvgIpc) is 3.25. The van der Waals surface area contributed by atoms with E-state index < -0.39 is 6.10 Å². The summed E-state index contributed by atoms with van der Waals surface area (Å²) in [4.78, 5) is 13.0. The Bertz CT molecular complexity index is 1050. The minimum absolute atomic E-state index is 0.0767. The van der Waals surface area contributed by atoms with Crippen molar-refractivity contribution in [3.05, 3.63) is 70.2 Å². The van der Waals surface area contributed by atoms with Crippen molar-refractivity contribution in [1.29, 1.82) is 0 Å². The number of ether oxygens (including phenoxy) is 3.